The maximum Gasteiger partial charge on any atom is 0.204 e. The van der Waals surface area contributed by atoms with E-state index in [-0.39, 0.29) is 16.1 Å². The molecule has 0 aliphatic heterocycles. The molecule has 0 radical (unpaired) electrons. The second kappa shape index (κ2) is 5.35. The summed E-state index contributed by atoms with van der Waals surface area (Å²) < 4.78 is 13.5. The van der Waals surface area contributed by atoms with Crippen molar-refractivity contribution in [3.05, 3.63) is 39.9 Å². The highest BCUT2D eigenvalue weighted by atomic mass is 35.5. The second-order valence-electron chi connectivity index (χ2n) is 4.71. The molecule has 1 fully saturated rings. The molecular formula is C14H13ClO2S2. The summed E-state index contributed by atoms with van der Waals surface area (Å²) in [5.74, 6) is 0. The van der Waals surface area contributed by atoms with Crippen LogP contribution in [0.5, 0.6) is 0 Å². The lowest BCUT2D eigenvalue weighted by Crippen LogP contribution is -2.24. The monoisotopic (exact) mass is 312 g/mol. The van der Waals surface area contributed by atoms with Gasteiger partial charge in [0.1, 0.15) is 0 Å². The molecule has 2 nitrogen and oxygen atoms in total. The molecule has 1 heterocycles. The fourth-order valence-electron chi connectivity index (χ4n) is 2.48. The van der Waals surface area contributed by atoms with Crippen LogP contribution in [0.25, 0.3) is 10.1 Å². The quantitative estimate of drug-likeness (QED) is 0.795. The minimum atomic E-state index is -1.29. The molecule has 3 atom stereocenters. The van der Waals surface area contributed by atoms with Gasteiger partial charge in [0, 0.05) is 20.8 Å². The van der Waals surface area contributed by atoms with E-state index in [1.807, 2.05) is 18.2 Å². The van der Waals surface area contributed by atoms with Gasteiger partial charge in [0.15, 0.2) is 0 Å². The Labute approximate surface area is 122 Å². The summed E-state index contributed by atoms with van der Waals surface area (Å²) in [6, 6.07) is 7.44. The van der Waals surface area contributed by atoms with Crippen molar-refractivity contribution in [2.45, 2.75) is 34.8 Å². The number of benzene rings is 1. The van der Waals surface area contributed by atoms with Crippen LogP contribution < -0.4 is 5.43 Å². The van der Waals surface area contributed by atoms with Crippen molar-refractivity contribution in [3.8, 4) is 0 Å². The second-order valence-corrected chi connectivity index (χ2v) is 7.82. The van der Waals surface area contributed by atoms with Crippen LogP contribution in [0.4, 0.5) is 0 Å². The number of hydrogen-bond acceptors (Lipinski definition) is 3. The van der Waals surface area contributed by atoms with Gasteiger partial charge in [-0.05, 0) is 25.0 Å². The molecule has 1 aliphatic rings. The van der Waals surface area contributed by atoms with Crippen LogP contribution in [0.1, 0.15) is 19.3 Å². The standard InChI is InChI=1S/C14H13ClO2S2/c15-10-5-3-7-12(10)19(17)13-8-18-11-6-2-1-4-9(11)14(13)16/h1-2,4,6,8,10,12H,3,5,7H2/t10-,12?,19?/m0/s1. The molecule has 2 aromatic rings. The molecule has 100 valence electrons. The van der Waals surface area contributed by atoms with E-state index >= 15 is 0 Å². The van der Waals surface area contributed by atoms with Gasteiger partial charge in [-0.2, -0.15) is 0 Å². The van der Waals surface area contributed by atoms with Gasteiger partial charge in [-0.15, -0.1) is 22.9 Å². The molecular weight excluding hydrogens is 300 g/mol. The van der Waals surface area contributed by atoms with Crippen molar-refractivity contribution in [1.82, 2.24) is 0 Å². The number of rotatable bonds is 2. The normalized spacial score (nSPS) is 24.7. The highest BCUT2D eigenvalue weighted by molar-refractivity contribution is 7.86. The summed E-state index contributed by atoms with van der Waals surface area (Å²) in [6.45, 7) is 0. The van der Waals surface area contributed by atoms with Crippen LogP contribution >= 0.6 is 22.9 Å². The van der Waals surface area contributed by atoms with E-state index in [9.17, 15) is 9.00 Å². The maximum atomic E-state index is 12.6. The Morgan fingerprint density at radius 3 is 2.79 bits per heavy atom. The fraction of sp³-hybridized carbons (Fsp3) is 0.357. The Hall–Kier alpha value is -0.710. The predicted molar refractivity (Wildman–Crippen MR) is 81.8 cm³/mol. The van der Waals surface area contributed by atoms with E-state index in [0.717, 1.165) is 24.0 Å². The van der Waals surface area contributed by atoms with Gasteiger partial charge >= 0.3 is 0 Å². The van der Waals surface area contributed by atoms with Crippen molar-refractivity contribution in [1.29, 1.82) is 0 Å². The summed E-state index contributed by atoms with van der Waals surface area (Å²) in [6.07, 6.45) is 2.73. The van der Waals surface area contributed by atoms with Crippen LogP contribution in [0.15, 0.2) is 39.3 Å². The van der Waals surface area contributed by atoms with Gasteiger partial charge in [0.2, 0.25) is 5.43 Å². The number of hydrogen-bond donors (Lipinski definition) is 0. The van der Waals surface area contributed by atoms with Crippen LogP contribution in [0.2, 0.25) is 0 Å². The SMILES string of the molecule is O=c1c(S(=O)C2CCC[C@@H]2Cl)csc2ccccc12. The zero-order chi connectivity index (χ0) is 13.4. The van der Waals surface area contributed by atoms with Crippen LogP contribution in [-0.2, 0) is 10.8 Å². The number of halogens is 1. The lowest BCUT2D eigenvalue weighted by Gasteiger charge is -2.12. The van der Waals surface area contributed by atoms with Crippen molar-refractivity contribution < 1.29 is 4.21 Å². The number of fused-ring (bicyclic) bond motifs is 1. The third-order valence-electron chi connectivity index (χ3n) is 3.51. The molecule has 19 heavy (non-hydrogen) atoms. The van der Waals surface area contributed by atoms with E-state index in [1.54, 1.807) is 11.4 Å². The lowest BCUT2D eigenvalue weighted by molar-refractivity contribution is 0.669. The van der Waals surface area contributed by atoms with Crippen molar-refractivity contribution in [3.63, 3.8) is 0 Å². The zero-order valence-corrected chi connectivity index (χ0v) is 12.6. The van der Waals surface area contributed by atoms with Gasteiger partial charge in [-0.25, -0.2) is 0 Å². The highest BCUT2D eigenvalue weighted by Gasteiger charge is 2.32. The summed E-state index contributed by atoms with van der Waals surface area (Å²) >= 11 is 7.67. The lowest BCUT2D eigenvalue weighted by atomic mass is 10.2. The molecule has 0 bridgehead atoms. The molecule has 0 spiro atoms. The largest absolute Gasteiger partial charge is 0.288 e. The minimum absolute atomic E-state index is 0.0725. The van der Waals surface area contributed by atoms with Gasteiger partial charge in [0.05, 0.1) is 20.9 Å². The van der Waals surface area contributed by atoms with E-state index in [1.165, 1.54) is 11.3 Å². The van der Waals surface area contributed by atoms with Gasteiger partial charge < -0.3 is 0 Å². The molecule has 3 rings (SSSR count). The molecule has 1 aromatic carbocycles. The molecule has 0 N–H and O–H groups in total. The highest BCUT2D eigenvalue weighted by Crippen LogP contribution is 2.31. The van der Waals surface area contributed by atoms with E-state index in [2.05, 4.69) is 0 Å². The Morgan fingerprint density at radius 2 is 2.05 bits per heavy atom. The summed E-state index contributed by atoms with van der Waals surface area (Å²) in [5.41, 5.74) is -0.108. The Balaban J connectivity index is 2.08. The first-order valence-corrected chi connectivity index (χ1v) is 8.76. The van der Waals surface area contributed by atoms with Crippen molar-refractivity contribution in [2.75, 3.05) is 0 Å². The van der Waals surface area contributed by atoms with Crippen LogP contribution in [0.3, 0.4) is 0 Å². The molecule has 2 unspecified atom stereocenters. The van der Waals surface area contributed by atoms with E-state index in [4.69, 9.17) is 11.6 Å². The smallest absolute Gasteiger partial charge is 0.204 e. The molecule has 0 saturated heterocycles. The Morgan fingerprint density at radius 1 is 1.26 bits per heavy atom. The summed E-state index contributed by atoms with van der Waals surface area (Å²) in [7, 11) is -1.29. The van der Waals surface area contributed by atoms with Crippen LogP contribution in [-0.4, -0.2) is 14.8 Å². The molecule has 0 amide bonds. The average molecular weight is 313 g/mol. The fourth-order valence-corrected chi connectivity index (χ4v) is 5.76. The Kier molecular flexibility index (Phi) is 3.74. The molecule has 1 aromatic heterocycles. The third kappa shape index (κ3) is 2.37. The molecule has 1 saturated carbocycles. The van der Waals surface area contributed by atoms with Gasteiger partial charge in [-0.1, -0.05) is 18.6 Å². The van der Waals surface area contributed by atoms with Crippen LogP contribution in [0, 0.1) is 0 Å². The summed E-state index contributed by atoms with van der Waals surface area (Å²) in [5, 5.41) is 2.24. The first-order chi connectivity index (χ1) is 9.18. The minimum Gasteiger partial charge on any atom is -0.288 e. The number of alkyl halides is 1. The third-order valence-corrected chi connectivity index (χ3v) is 7.15. The van der Waals surface area contributed by atoms with Crippen molar-refractivity contribution in [2.24, 2.45) is 0 Å². The van der Waals surface area contributed by atoms with Gasteiger partial charge in [0.25, 0.3) is 0 Å². The molecule has 1 aliphatic carbocycles. The van der Waals surface area contributed by atoms with Gasteiger partial charge in [-0.3, -0.25) is 9.00 Å². The first-order valence-electron chi connectivity index (χ1n) is 6.23. The summed E-state index contributed by atoms with van der Waals surface area (Å²) in [4.78, 5) is 12.8. The predicted octanol–water partition coefficient (Wildman–Crippen LogP) is 3.53. The first kappa shape index (κ1) is 13.3. The molecule has 5 heteroatoms. The topological polar surface area (TPSA) is 34.1 Å². The Bertz CT molecular complexity index is 695. The zero-order valence-electron chi connectivity index (χ0n) is 10.2. The van der Waals surface area contributed by atoms with E-state index < -0.39 is 10.8 Å². The average Bonchev–Trinajstić information content (AvgIpc) is 2.85. The van der Waals surface area contributed by atoms with E-state index in [0.29, 0.717) is 10.3 Å². The van der Waals surface area contributed by atoms with Crippen molar-refractivity contribution >= 4 is 43.8 Å². The maximum absolute atomic E-state index is 12.6.